The second-order valence-corrected chi connectivity index (χ2v) is 6.50. The predicted molar refractivity (Wildman–Crippen MR) is 95.1 cm³/mol. The molecule has 146 valence electrons. The molecule has 2 N–H and O–H groups in total. The van der Waals surface area contributed by atoms with Crippen molar-refractivity contribution in [2.24, 2.45) is 7.05 Å². The molecule has 0 spiro atoms. The number of anilines is 1. The average molecular weight is 390 g/mol. The van der Waals surface area contributed by atoms with Gasteiger partial charge in [-0.05, 0) is 24.3 Å². The monoisotopic (exact) mass is 390 g/mol. The molecule has 7 nitrogen and oxygen atoms in total. The van der Waals surface area contributed by atoms with Gasteiger partial charge in [-0.15, -0.1) is 0 Å². The number of fused-ring (bicyclic) bond motifs is 1. The van der Waals surface area contributed by atoms with Gasteiger partial charge in [0.05, 0.1) is 29.3 Å². The van der Waals surface area contributed by atoms with Crippen LogP contribution in [0.15, 0.2) is 36.7 Å². The van der Waals surface area contributed by atoms with Gasteiger partial charge in [0.25, 0.3) is 5.91 Å². The maximum absolute atomic E-state index is 12.7. The number of carbonyl (C=O) groups is 1. The molecule has 0 radical (unpaired) electrons. The van der Waals surface area contributed by atoms with Gasteiger partial charge in [-0.2, -0.15) is 23.4 Å². The number of halogens is 3. The van der Waals surface area contributed by atoms with Crippen molar-refractivity contribution in [1.29, 1.82) is 0 Å². The molecule has 0 bridgehead atoms. The van der Waals surface area contributed by atoms with Crippen molar-refractivity contribution in [2.45, 2.75) is 19.1 Å². The molecule has 1 amide bonds. The van der Waals surface area contributed by atoms with Crippen molar-refractivity contribution in [1.82, 2.24) is 24.9 Å². The highest BCUT2D eigenvalue weighted by molar-refractivity contribution is 6.04. The summed E-state index contributed by atoms with van der Waals surface area (Å²) in [5, 5.41) is 14.4. The summed E-state index contributed by atoms with van der Waals surface area (Å²) < 4.78 is 41.1. The third-order valence-corrected chi connectivity index (χ3v) is 4.63. The number of amides is 1. The van der Waals surface area contributed by atoms with Crippen molar-refractivity contribution in [3.05, 3.63) is 59.2 Å². The maximum atomic E-state index is 12.7. The molecular weight excluding hydrogens is 373 g/mol. The first-order chi connectivity index (χ1) is 13.3. The van der Waals surface area contributed by atoms with E-state index in [9.17, 15) is 18.0 Å². The smallest absolute Gasteiger partial charge is 0.318 e. The van der Waals surface area contributed by atoms with E-state index >= 15 is 0 Å². The van der Waals surface area contributed by atoms with E-state index in [-0.39, 0.29) is 5.91 Å². The zero-order valence-electron chi connectivity index (χ0n) is 14.9. The molecule has 1 aromatic carbocycles. The minimum Gasteiger partial charge on any atom is -0.318 e. The first-order valence-electron chi connectivity index (χ1n) is 8.62. The van der Waals surface area contributed by atoms with Crippen molar-refractivity contribution < 1.29 is 18.0 Å². The Balaban J connectivity index is 1.52. The summed E-state index contributed by atoms with van der Waals surface area (Å²) in [4.78, 5) is 12.6. The molecule has 0 unspecified atom stereocenters. The predicted octanol–water partition coefficient (Wildman–Crippen LogP) is 2.52. The Morgan fingerprint density at radius 2 is 2.00 bits per heavy atom. The van der Waals surface area contributed by atoms with Gasteiger partial charge in [-0.1, -0.05) is 0 Å². The standard InChI is InChI=1S/C18H17F3N6O/c1-26-15-6-7-22-9-14(15)16(25-26)17(28)24-12-8-23-27(10-12)13-4-2-11(3-5-13)18(19,20)21/h2-5,8,10,22H,6-7,9H2,1H3,(H,24,28). The third-order valence-electron chi connectivity index (χ3n) is 4.63. The number of benzene rings is 1. The Kier molecular flexibility index (Phi) is 4.42. The normalized spacial score (nSPS) is 14.0. The minimum absolute atomic E-state index is 0.354. The molecule has 2 aromatic heterocycles. The average Bonchev–Trinajstić information content (AvgIpc) is 3.26. The summed E-state index contributed by atoms with van der Waals surface area (Å²) in [7, 11) is 1.81. The maximum Gasteiger partial charge on any atom is 0.416 e. The Labute approximate surface area is 158 Å². The highest BCUT2D eigenvalue weighted by Crippen LogP contribution is 2.29. The van der Waals surface area contributed by atoms with Crippen LogP contribution >= 0.6 is 0 Å². The molecule has 0 saturated carbocycles. The van der Waals surface area contributed by atoms with Crippen LogP contribution in [0.5, 0.6) is 0 Å². The van der Waals surface area contributed by atoms with E-state index in [0.717, 1.165) is 36.4 Å². The van der Waals surface area contributed by atoms with Crippen LogP contribution < -0.4 is 10.6 Å². The Hall–Kier alpha value is -3.14. The van der Waals surface area contributed by atoms with Crippen LogP contribution in [-0.4, -0.2) is 32.0 Å². The number of carbonyl (C=O) groups excluding carboxylic acids is 1. The molecule has 4 rings (SSSR count). The number of hydrogen-bond acceptors (Lipinski definition) is 4. The van der Waals surface area contributed by atoms with E-state index in [2.05, 4.69) is 20.8 Å². The van der Waals surface area contributed by atoms with Crippen molar-refractivity contribution >= 4 is 11.6 Å². The Morgan fingerprint density at radius 1 is 1.25 bits per heavy atom. The van der Waals surface area contributed by atoms with E-state index in [1.807, 2.05) is 7.05 Å². The highest BCUT2D eigenvalue weighted by Gasteiger charge is 2.30. The second kappa shape index (κ2) is 6.79. The molecule has 0 aliphatic carbocycles. The number of alkyl halides is 3. The summed E-state index contributed by atoms with van der Waals surface area (Å²) >= 11 is 0. The van der Waals surface area contributed by atoms with E-state index in [4.69, 9.17) is 0 Å². The summed E-state index contributed by atoms with van der Waals surface area (Å²) in [6.45, 7) is 1.42. The lowest BCUT2D eigenvalue weighted by Gasteiger charge is -2.13. The third kappa shape index (κ3) is 3.38. The minimum atomic E-state index is -4.39. The first kappa shape index (κ1) is 18.2. The zero-order valence-corrected chi connectivity index (χ0v) is 14.9. The van der Waals surface area contributed by atoms with Gasteiger partial charge in [0.1, 0.15) is 0 Å². The van der Waals surface area contributed by atoms with E-state index < -0.39 is 11.7 Å². The molecule has 28 heavy (non-hydrogen) atoms. The first-order valence-corrected chi connectivity index (χ1v) is 8.62. The van der Waals surface area contributed by atoms with Gasteiger partial charge in [0.2, 0.25) is 0 Å². The van der Waals surface area contributed by atoms with Gasteiger partial charge >= 0.3 is 6.18 Å². The van der Waals surface area contributed by atoms with Crippen LogP contribution in [0.2, 0.25) is 0 Å². The Bertz CT molecular complexity index is 1020. The summed E-state index contributed by atoms with van der Waals surface area (Å²) in [5.74, 6) is -0.354. The van der Waals surface area contributed by atoms with E-state index in [1.165, 1.54) is 29.2 Å². The van der Waals surface area contributed by atoms with Gasteiger partial charge < -0.3 is 10.6 Å². The number of aromatic nitrogens is 4. The Morgan fingerprint density at radius 3 is 2.71 bits per heavy atom. The molecule has 3 heterocycles. The SMILES string of the molecule is Cn1nc(C(=O)Nc2cnn(-c3ccc(C(F)(F)F)cc3)c2)c2c1CCNC2. The lowest BCUT2D eigenvalue weighted by atomic mass is 10.1. The van der Waals surface area contributed by atoms with Crippen molar-refractivity contribution in [2.75, 3.05) is 11.9 Å². The fourth-order valence-electron chi connectivity index (χ4n) is 3.23. The topological polar surface area (TPSA) is 76.8 Å². The molecule has 0 fully saturated rings. The molecule has 0 atom stereocenters. The molecule has 1 aliphatic heterocycles. The molecular formula is C18H17F3N6O. The summed E-state index contributed by atoms with van der Waals surface area (Å²) in [5.41, 5.74) is 2.41. The van der Waals surface area contributed by atoms with Crippen LogP contribution in [0.4, 0.5) is 18.9 Å². The number of hydrogen-bond donors (Lipinski definition) is 2. The van der Waals surface area contributed by atoms with Crippen LogP contribution in [0, 0.1) is 0 Å². The van der Waals surface area contributed by atoms with Crippen LogP contribution in [0.1, 0.15) is 27.3 Å². The number of nitrogens with zero attached hydrogens (tertiary/aromatic N) is 4. The lowest BCUT2D eigenvalue weighted by Crippen LogP contribution is -2.26. The number of aryl methyl sites for hydroxylation is 1. The van der Waals surface area contributed by atoms with Gasteiger partial charge in [0.15, 0.2) is 5.69 Å². The second-order valence-electron chi connectivity index (χ2n) is 6.50. The molecule has 1 aliphatic rings. The van der Waals surface area contributed by atoms with Crippen molar-refractivity contribution in [3.8, 4) is 5.69 Å². The fourth-order valence-corrected chi connectivity index (χ4v) is 3.23. The number of nitrogens with one attached hydrogen (secondary N) is 2. The van der Waals surface area contributed by atoms with E-state index in [0.29, 0.717) is 23.6 Å². The van der Waals surface area contributed by atoms with Crippen LogP contribution in [0.3, 0.4) is 0 Å². The largest absolute Gasteiger partial charge is 0.416 e. The zero-order chi connectivity index (χ0) is 19.9. The van der Waals surface area contributed by atoms with Crippen molar-refractivity contribution in [3.63, 3.8) is 0 Å². The molecule has 3 aromatic rings. The highest BCUT2D eigenvalue weighted by atomic mass is 19.4. The summed E-state index contributed by atoms with van der Waals surface area (Å²) in [6.07, 6.45) is -0.617. The van der Waals surface area contributed by atoms with Gasteiger partial charge in [-0.25, -0.2) is 4.68 Å². The molecule has 10 heteroatoms. The van der Waals surface area contributed by atoms with Crippen LogP contribution in [0.25, 0.3) is 5.69 Å². The van der Waals surface area contributed by atoms with Gasteiger partial charge in [-0.3, -0.25) is 9.48 Å². The fraction of sp³-hybridized carbons (Fsp3) is 0.278. The van der Waals surface area contributed by atoms with Crippen LogP contribution in [-0.2, 0) is 26.2 Å². The molecule has 0 saturated heterocycles. The number of rotatable bonds is 3. The quantitative estimate of drug-likeness (QED) is 0.721. The lowest BCUT2D eigenvalue weighted by molar-refractivity contribution is -0.137. The summed E-state index contributed by atoms with van der Waals surface area (Å²) in [6, 6.07) is 4.62. The van der Waals surface area contributed by atoms with E-state index in [1.54, 1.807) is 4.68 Å². The van der Waals surface area contributed by atoms with Gasteiger partial charge in [0, 0.05) is 37.8 Å².